The Morgan fingerprint density at radius 1 is 1.41 bits per heavy atom. The van der Waals surface area contributed by atoms with E-state index in [1.54, 1.807) is 6.92 Å². The zero-order valence-electron chi connectivity index (χ0n) is 9.85. The largest absolute Gasteiger partial charge is 0.481 e. The molecular formula is C14H16O2S. The van der Waals surface area contributed by atoms with Crippen LogP contribution in [-0.2, 0) is 4.79 Å². The summed E-state index contributed by atoms with van der Waals surface area (Å²) in [5, 5.41) is 8.92. The lowest BCUT2D eigenvalue weighted by Gasteiger charge is -2.06. The number of carboxylic acids is 1. The van der Waals surface area contributed by atoms with Crippen molar-refractivity contribution in [2.45, 2.75) is 25.7 Å². The van der Waals surface area contributed by atoms with E-state index in [1.165, 1.54) is 23.5 Å². The van der Waals surface area contributed by atoms with E-state index >= 15 is 0 Å². The minimum atomic E-state index is -0.776. The van der Waals surface area contributed by atoms with Gasteiger partial charge in [0.25, 0.3) is 0 Å². The van der Waals surface area contributed by atoms with Gasteiger partial charge in [-0.25, -0.2) is 0 Å². The van der Waals surface area contributed by atoms with Crippen LogP contribution in [0.2, 0.25) is 0 Å². The molecule has 1 heterocycles. The Kier molecular flexibility index (Phi) is 3.89. The van der Waals surface area contributed by atoms with Crippen molar-refractivity contribution in [2.75, 3.05) is 5.75 Å². The van der Waals surface area contributed by atoms with Crippen LogP contribution in [0, 0.1) is 0 Å². The Hall–Kier alpha value is -1.22. The maximum absolute atomic E-state index is 10.8. The number of thioether (sulfide) groups is 1. The average Bonchev–Trinajstić information content (AvgIpc) is 2.82. The Morgan fingerprint density at radius 3 is 2.65 bits per heavy atom. The molecule has 0 aromatic heterocycles. The Bertz CT molecular complexity index is 426. The van der Waals surface area contributed by atoms with Crippen molar-refractivity contribution in [2.24, 2.45) is 0 Å². The summed E-state index contributed by atoms with van der Waals surface area (Å²) in [5.41, 5.74) is 2.02. The van der Waals surface area contributed by atoms with Crippen molar-refractivity contribution in [3.63, 3.8) is 0 Å². The number of carbonyl (C=O) groups is 1. The van der Waals surface area contributed by atoms with Gasteiger partial charge < -0.3 is 5.11 Å². The van der Waals surface area contributed by atoms with Crippen LogP contribution in [0.3, 0.4) is 0 Å². The number of allylic oxidation sites excluding steroid dienone is 1. The van der Waals surface area contributed by atoms with Crippen molar-refractivity contribution in [1.29, 1.82) is 0 Å². The standard InChI is InChI=1S/C14H16O2S/c1-10(14(15)16)12-6-4-11(5-7-12)9-13-3-2-8-17-13/h4-7,9-10H,2-3,8H2,1H3,(H,15,16)/b13-9-/t10-/m0/s1. The third-order valence-electron chi connectivity index (χ3n) is 2.99. The molecule has 90 valence electrons. The van der Waals surface area contributed by atoms with Gasteiger partial charge in [0.15, 0.2) is 0 Å². The lowest BCUT2D eigenvalue weighted by atomic mass is 10.00. The highest BCUT2D eigenvalue weighted by atomic mass is 32.2. The topological polar surface area (TPSA) is 37.3 Å². The third kappa shape index (κ3) is 3.13. The highest BCUT2D eigenvalue weighted by Crippen LogP contribution is 2.32. The maximum Gasteiger partial charge on any atom is 0.310 e. The highest BCUT2D eigenvalue weighted by molar-refractivity contribution is 8.03. The van der Waals surface area contributed by atoms with Crippen LogP contribution in [0.25, 0.3) is 6.08 Å². The van der Waals surface area contributed by atoms with Gasteiger partial charge in [-0.2, -0.15) is 0 Å². The van der Waals surface area contributed by atoms with Crippen molar-refractivity contribution in [1.82, 2.24) is 0 Å². The van der Waals surface area contributed by atoms with E-state index in [1.807, 2.05) is 36.0 Å². The molecule has 1 atom stereocenters. The Balaban J connectivity index is 2.12. The first-order valence-electron chi connectivity index (χ1n) is 5.83. The quantitative estimate of drug-likeness (QED) is 0.885. The van der Waals surface area contributed by atoms with E-state index in [2.05, 4.69) is 6.08 Å². The van der Waals surface area contributed by atoms with E-state index in [9.17, 15) is 4.79 Å². The normalized spacial score (nSPS) is 19.5. The third-order valence-corrected chi connectivity index (χ3v) is 4.18. The molecule has 2 rings (SSSR count). The number of carboxylic acid groups (broad SMARTS) is 1. The molecule has 17 heavy (non-hydrogen) atoms. The van der Waals surface area contributed by atoms with Crippen LogP contribution < -0.4 is 0 Å². The van der Waals surface area contributed by atoms with Gasteiger partial charge in [0.05, 0.1) is 5.92 Å². The molecule has 1 aliphatic rings. The van der Waals surface area contributed by atoms with E-state index < -0.39 is 11.9 Å². The minimum Gasteiger partial charge on any atom is -0.481 e. The summed E-state index contributed by atoms with van der Waals surface area (Å²) >= 11 is 1.92. The van der Waals surface area contributed by atoms with Crippen LogP contribution in [-0.4, -0.2) is 16.8 Å². The zero-order chi connectivity index (χ0) is 12.3. The zero-order valence-corrected chi connectivity index (χ0v) is 10.7. The van der Waals surface area contributed by atoms with Gasteiger partial charge in [-0.3, -0.25) is 4.79 Å². The summed E-state index contributed by atoms with van der Waals surface area (Å²) in [5.74, 6) is 0.0139. The molecule has 0 unspecified atom stereocenters. The van der Waals surface area contributed by atoms with Gasteiger partial charge in [0.2, 0.25) is 0 Å². The number of rotatable bonds is 3. The van der Waals surface area contributed by atoms with E-state index in [-0.39, 0.29) is 0 Å². The fourth-order valence-corrected chi connectivity index (χ4v) is 2.90. The summed E-state index contributed by atoms with van der Waals surface area (Å²) in [6.07, 6.45) is 4.65. The van der Waals surface area contributed by atoms with Crippen molar-refractivity contribution in [3.8, 4) is 0 Å². The molecular weight excluding hydrogens is 232 g/mol. The number of hydrogen-bond donors (Lipinski definition) is 1. The molecule has 0 radical (unpaired) electrons. The second kappa shape index (κ2) is 5.41. The number of aliphatic carboxylic acids is 1. The predicted molar refractivity (Wildman–Crippen MR) is 72.2 cm³/mol. The minimum absolute atomic E-state index is 0.433. The summed E-state index contributed by atoms with van der Waals surface area (Å²) in [6.45, 7) is 1.71. The van der Waals surface area contributed by atoms with Crippen molar-refractivity contribution < 1.29 is 9.90 Å². The van der Waals surface area contributed by atoms with Gasteiger partial charge in [-0.1, -0.05) is 24.3 Å². The second-order valence-corrected chi connectivity index (χ2v) is 5.51. The summed E-state index contributed by atoms with van der Waals surface area (Å²) < 4.78 is 0. The lowest BCUT2D eigenvalue weighted by molar-refractivity contribution is -0.138. The van der Waals surface area contributed by atoms with Gasteiger partial charge in [-0.05, 0) is 47.6 Å². The van der Waals surface area contributed by atoms with Crippen molar-refractivity contribution >= 4 is 23.8 Å². The SMILES string of the molecule is C[C@H](C(=O)O)c1ccc(/C=C2/CCCS2)cc1. The Morgan fingerprint density at radius 2 is 2.12 bits per heavy atom. The summed E-state index contributed by atoms with van der Waals surface area (Å²) in [6, 6.07) is 7.82. The van der Waals surface area contributed by atoms with Crippen molar-refractivity contribution in [3.05, 3.63) is 40.3 Å². The summed E-state index contributed by atoms with van der Waals surface area (Å²) in [7, 11) is 0. The lowest BCUT2D eigenvalue weighted by Crippen LogP contribution is -2.06. The molecule has 3 heteroatoms. The van der Waals surface area contributed by atoms with Crippen LogP contribution in [0.5, 0.6) is 0 Å². The molecule has 0 bridgehead atoms. The first-order valence-corrected chi connectivity index (χ1v) is 6.81. The fraction of sp³-hybridized carbons (Fsp3) is 0.357. The van der Waals surface area contributed by atoms with Crippen LogP contribution >= 0.6 is 11.8 Å². The molecule has 1 aromatic carbocycles. The molecule has 0 saturated carbocycles. The monoisotopic (exact) mass is 248 g/mol. The van der Waals surface area contributed by atoms with Crippen LogP contribution in [0.4, 0.5) is 0 Å². The molecule has 1 aliphatic heterocycles. The molecule has 1 saturated heterocycles. The molecule has 1 aromatic rings. The average molecular weight is 248 g/mol. The molecule has 1 fully saturated rings. The fourth-order valence-electron chi connectivity index (χ4n) is 1.85. The van der Waals surface area contributed by atoms with Gasteiger partial charge >= 0.3 is 5.97 Å². The van der Waals surface area contributed by atoms with Crippen LogP contribution in [0.15, 0.2) is 29.2 Å². The Labute approximate surface area is 106 Å². The van der Waals surface area contributed by atoms with E-state index in [4.69, 9.17) is 5.11 Å². The molecule has 0 spiro atoms. The maximum atomic E-state index is 10.8. The molecule has 1 N–H and O–H groups in total. The van der Waals surface area contributed by atoms with E-state index in [0.717, 1.165) is 11.1 Å². The highest BCUT2D eigenvalue weighted by Gasteiger charge is 2.13. The first-order chi connectivity index (χ1) is 8.16. The summed E-state index contributed by atoms with van der Waals surface area (Å²) in [4.78, 5) is 12.3. The predicted octanol–water partition coefficient (Wildman–Crippen LogP) is 3.74. The first kappa shape index (κ1) is 12.2. The van der Waals surface area contributed by atoms with E-state index in [0.29, 0.717) is 0 Å². The van der Waals surface area contributed by atoms with Gasteiger partial charge in [0, 0.05) is 0 Å². The smallest absolute Gasteiger partial charge is 0.310 e. The number of benzene rings is 1. The molecule has 0 aliphatic carbocycles. The van der Waals surface area contributed by atoms with Gasteiger partial charge in [0.1, 0.15) is 0 Å². The second-order valence-electron chi connectivity index (χ2n) is 4.29. The number of hydrogen-bond acceptors (Lipinski definition) is 2. The van der Waals surface area contributed by atoms with Crippen LogP contribution in [0.1, 0.15) is 36.8 Å². The van der Waals surface area contributed by atoms with Gasteiger partial charge in [-0.15, -0.1) is 11.8 Å². The molecule has 2 nitrogen and oxygen atoms in total. The molecule has 0 amide bonds.